The lowest BCUT2D eigenvalue weighted by atomic mass is 9.98. The average Bonchev–Trinajstić information content (AvgIpc) is 2.66. The van der Waals surface area contributed by atoms with Crippen molar-refractivity contribution >= 4 is 11.8 Å². The van der Waals surface area contributed by atoms with Crippen LogP contribution >= 0.6 is 0 Å². The van der Waals surface area contributed by atoms with E-state index in [1.165, 1.54) is 0 Å². The summed E-state index contributed by atoms with van der Waals surface area (Å²) in [5.41, 5.74) is 0.665. The van der Waals surface area contributed by atoms with Gasteiger partial charge in [-0.05, 0) is 50.6 Å². The minimum Gasteiger partial charge on any atom is -0.491 e. The van der Waals surface area contributed by atoms with Gasteiger partial charge in [0, 0.05) is 25.1 Å². The van der Waals surface area contributed by atoms with Gasteiger partial charge in [0.25, 0.3) is 0 Å². The van der Waals surface area contributed by atoms with Crippen LogP contribution in [0.5, 0.6) is 5.75 Å². The van der Waals surface area contributed by atoms with Crippen LogP contribution in [0.15, 0.2) is 24.3 Å². The summed E-state index contributed by atoms with van der Waals surface area (Å²) < 4.78 is 10.7. The Morgan fingerprint density at radius 3 is 2.65 bits per heavy atom. The van der Waals surface area contributed by atoms with Crippen molar-refractivity contribution in [3.8, 4) is 5.75 Å². The molecule has 0 unspecified atom stereocenters. The molecule has 1 saturated heterocycles. The number of benzene rings is 1. The fraction of sp³-hybridized carbons (Fsp3) is 0.600. The van der Waals surface area contributed by atoms with E-state index in [2.05, 4.69) is 4.90 Å². The van der Waals surface area contributed by atoms with Gasteiger partial charge in [0.05, 0.1) is 12.5 Å². The molecule has 1 aromatic carbocycles. The Balaban J connectivity index is 1.76. The zero-order valence-electron chi connectivity index (χ0n) is 15.6. The number of aliphatic hydroxyl groups excluding tert-OH is 1. The van der Waals surface area contributed by atoms with E-state index in [0.29, 0.717) is 37.4 Å². The second-order valence-corrected chi connectivity index (χ2v) is 6.62. The van der Waals surface area contributed by atoms with Gasteiger partial charge in [0.15, 0.2) is 5.78 Å². The Bertz CT molecular complexity index is 586. The summed E-state index contributed by atoms with van der Waals surface area (Å²) in [4.78, 5) is 25.6. The molecule has 2 atom stereocenters. The largest absolute Gasteiger partial charge is 0.491 e. The van der Waals surface area contributed by atoms with Crippen molar-refractivity contribution in [2.75, 3.05) is 32.8 Å². The van der Waals surface area contributed by atoms with Crippen molar-refractivity contribution in [3.63, 3.8) is 0 Å². The lowest BCUT2D eigenvalue weighted by Crippen LogP contribution is -2.44. The summed E-state index contributed by atoms with van der Waals surface area (Å²) in [6, 6.07) is 6.96. The van der Waals surface area contributed by atoms with Crippen LogP contribution in [0.2, 0.25) is 0 Å². The van der Waals surface area contributed by atoms with Gasteiger partial charge < -0.3 is 14.6 Å². The third-order valence-electron chi connectivity index (χ3n) is 4.53. The van der Waals surface area contributed by atoms with Gasteiger partial charge in [-0.15, -0.1) is 0 Å². The van der Waals surface area contributed by atoms with E-state index in [9.17, 15) is 14.7 Å². The molecule has 0 aromatic heterocycles. The number of carbonyl (C=O) groups excluding carboxylic acids is 2. The van der Waals surface area contributed by atoms with E-state index in [4.69, 9.17) is 9.47 Å². The van der Waals surface area contributed by atoms with E-state index >= 15 is 0 Å². The molecule has 0 aliphatic carbocycles. The number of ketones is 1. The standard InChI is InChI=1S/C20H29NO5/c1-3-19(23)15-7-9-18(10-8-15)26-14-17(22)13-21-11-5-6-16(12-21)20(24)25-4-2/h7-10,16-17,22H,3-6,11-14H2,1-2H3/t16-,17-/m1/s1. The molecule has 6 heteroatoms. The molecule has 0 spiro atoms. The predicted molar refractivity (Wildman–Crippen MR) is 98.4 cm³/mol. The molecule has 0 amide bonds. The van der Waals surface area contributed by atoms with Gasteiger partial charge in [0.2, 0.25) is 0 Å². The van der Waals surface area contributed by atoms with Gasteiger partial charge in [-0.1, -0.05) is 6.92 Å². The number of rotatable bonds is 9. The highest BCUT2D eigenvalue weighted by Gasteiger charge is 2.27. The van der Waals surface area contributed by atoms with Crippen LogP contribution in [-0.4, -0.2) is 60.7 Å². The minimum absolute atomic E-state index is 0.0952. The molecule has 0 saturated carbocycles. The fourth-order valence-corrected chi connectivity index (χ4v) is 3.16. The third kappa shape index (κ3) is 6.11. The first-order valence-corrected chi connectivity index (χ1v) is 9.36. The topological polar surface area (TPSA) is 76.1 Å². The number of likely N-dealkylation sites (tertiary alicyclic amines) is 1. The molecule has 6 nitrogen and oxygen atoms in total. The molecule has 0 bridgehead atoms. The van der Waals surface area contributed by atoms with Gasteiger partial charge in [0.1, 0.15) is 18.5 Å². The van der Waals surface area contributed by atoms with Crippen LogP contribution in [0.25, 0.3) is 0 Å². The molecule has 1 fully saturated rings. The summed E-state index contributed by atoms with van der Waals surface area (Å²) in [6.45, 7) is 6.14. The van der Waals surface area contributed by atoms with Crippen molar-refractivity contribution in [3.05, 3.63) is 29.8 Å². The Kier molecular flexibility index (Phi) is 8.06. The van der Waals surface area contributed by atoms with Crippen molar-refractivity contribution in [2.45, 2.75) is 39.2 Å². The predicted octanol–water partition coefficient (Wildman–Crippen LogP) is 2.29. The second kappa shape index (κ2) is 10.3. The first kappa shape index (κ1) is 20.4. The average molecular weight is 363 g/mol. The highest BCUT2D eigenvalue weighted by Crippen LogP contribution is 2.18. The van der Waals surface area contributed by atoms with Crippen LogP contribution in [0.1, 0.15) is 43.5 Å². The lowest BCUT2D eigenvalue weighted by Gasteiger charge is -2.32. The number of nitrogens with zero attached hydrogens (tertiary/aromatic N) is 1. The monoisotopic (exact) mass is 363 g/mol. The summed E-state index contributed by atoms with van der Waals surface area (Å²) >= 11 is 0. The van der Waals surface area contributed by atoms with Crippen LogP contribution in [0.4, 0.5) is 0 Å². The molecule has 26 heavy (non-hydrogen) atoms. The fourth-order valence-electron chi connectivity index (χ4n) is 3.16. The molecule has 1 aliphatic rings. The van der Waals surface area contributed by atoms with Crippen LogP contribution in [0.3, 0.4) is 0 Å². The molecular formula is C20H29NO5. The number of ether oxygens (including phenoxy) is 2. The van der Waals surface area contributed by atoms with Gasteiger partial charge in [-0.3, -0.25) is 14.5 Å². The number of hydrogen-bond acceptors (Lipinski definition) is 6. The smallest absolute Gasteiger partial charge is 0.310 e. The summed E-state index contributed by atoms with van der Waals surface area (Å²) in [5.74, 6) is 0.461. The van der Waals surface area contributed by atoms with Gasteiger partial charge in [-0.2, -0.15) is 0 Å². The zero-order chi connectivity index (χ0) is 18.9. The van der Waals surface area contributed by atoms with E-state index < -0.39 is 6.10 Å². The summed E-state index contributed by atoms with van der Waals surface area (Å²) in [5, 5.41) is 10.2. The van der Waals surface area contributed by atoms with E-state index in [1.807, 2.05) is 13.8 Å². The zero-order valence-corrected chi connectivity index (χ0v) is 15.6. The van der Waals surface area contributed by atoms with Gasteiger partial charge >= 0.3 is 5.97 Å². The number of esters is 1. The summed E-state index contributed by atoms with van der Waals surface area (Å²) in [6.07, 6.45) is 1.59. The molecule has 2 rings (SSSR count). The van der Waals surface area contributed by atoms with Crippen LogP contribution in [-0.2, 0) is 9.53 Å². The third-order valence-corrected chi connectivity index (χ3v) is 4.53. The molecule has 1 heterocycles. The number of carbonyl (C=O) groups is 2. The Hall–Kier alpha value is -1.92. The first-order chi connectivity index (χ1) is 12.5. The van der Waals surface area contributed by atoms with Crippen molar-refractivity contribution in [1.82, 2.24) is 4.90 Å². The Labute approximate surface area is 155 Å². The van der Waals surface area contributed by atoms with E-state index in [-0.39, 0.29) is 24.3 Å². The number of piperidine rings is 1. The molecule has 1 aromatic rings. The molecule has 1 aliphatic heterocycles. The quantitative estimate of drug-likeness (QED) is 0.536. The van der Waals surface area contributed by atoms with Crippen LogP contribution in [0, 0.1) is 5.92 Å². The van der Waals surface area contributed by atoms with Crippen molar-refractivity contribution < 1.29 is 24.2 Å². The number of Topliss-reactive ketones (excluding diaryl/α,β-unsaturated/α-hetero) is 1. The molecule has 0 radical (unpaired) electrons. The highest BCUT2D eigenvalue weighted by molar-refractivity contribution is 5.95. The first-order valence-electron chi connectivity index (χ1n) is 9.36. The van der Waals surface area contributed by atoms with Crippen molar-refractivity contribution in [1.29, 1.82) is 0 Å². The number of β-amino-alcohol motifs (C(OH)–C–C–N with tert-alkyl or cyclic N) is 1. The van der Waals surface area contributed by atoms with E-state index in [0.717, 1.165) is 19.4 Å². The number of hydrogen-bond donors (Lipinski definition) is 1. The maximum atomic E-state index is 11.9. The molecule has 1 N–H and O–H groups in total. The lowest BCUT2D eigenvalue weighted by molar-refractivity contribution is -0.150. The highest BCUT2D eigenvalue weighted by atomic mass is 16.5. The SMILES string of the molecule is CCOC(=O)[C@@H]1CCCN(C[C@@H](O)COc2ccc(C(=O)CC)cc2)C1. The molecular weight excluding hydrogens is 334 g/mol. The molecule has 144 valence electrons. The van der Waals surface area contributed by atoms with Crippen molar-refractivity contribution in [2.24, 2.45) is 5.92 Å². The number of aliphatic hydroxyl groups is 1. The minimum atomic E-state index is -0.645. The maximum Gasteiger partial charge on any atom is 0.310 e. The Morgan fingerprint density at radius 2 is 2.00 bits per heavy atom. The Morgan fingerprint density at radius 1 is 1.27 bits per heavy atom. The second-order valence-electron chi connectivity index (χ2n) is 6.62. The summed E-state index contributed by atoms with van der Waals surface area (Å²) in [7, 11) is 0. The van der Waals surface area contributed by atoms with E-state index in [1.54, 1.807) is 24.3 Å². The normalized spacial score (nSPS) is 19.0. The maximum absolute atomic E-state index is 11.9. The van der Waals surface area contributed by atoms with Crippen LogP contribution < -0.4 is 4.74 Å². The van der Waals surface area contributed by atoms with Gasteiger partial charge in [-0.25, -0.2) is 0 Å².